The number of amides is 2. The van der Waals surface area contributed by atoms with Crippen LogP contribution in [0.1, 0.15) is 16.6 Å². The molecule has 8 heteroatoms. The van der Waals surface area contributed by atoms with Crippen molar-refractivity contribution in [3.63, 3.8) is 0 Å². The van der Waals surface area contributed by atoms with Crippen molar-refractivity contribution in [2.45, 2.75) is 13.5 Å². The van der Waals surface area contributed by atoms with Crippen LogP contribution in [0.3, 0.4) is 0 Å². The molecule has 0 saturated carbocycles. The molecule has 0 unspecified atom stereocenters. The van der Waals surface area contributed by atoms with Gasteiger partial charge in [-0.05, 0) is 29.3 Å². The third-order valence-electron chi connectivity index (χ3n) is 2.56. The number of hydrogen-bond acceptors (Lipinski definition) is 7. The molecule has 0 aromatic carbocycles. The molecule has 0 spiro atoms. The zero-order valence-corrected chi connectivity index (χ0v) is 12.0. The molecule has 1 saturated heterocycles. The highest BCUT2D eigenvalue weighted by molar-refractivity contribution is 8.18. The maximum atomic E-state index is 12.2. The van der Waals surface area contributed by atoms with Gasteiger partial charge in [0.05, 0.1) is 11.4 Å². The Morgan fingerprint density at radius 2 is 2.30 bits per heavy atom. The summed E-state index contributed by atoms with van der Waals surface area (Å²) in [5, 5.41) is 5.29. The lowest BCUT2D eigenvalue weighted by Gasteiger charge is -2.08. The standard InChI is InChI=1S/C12H9N3O3S2/c1-7-13-10(14-18-7)6-15-11(16)9(20-12(15)17)5-8-3-2-4-19-8/h2-5H,6H2,1H3/b9-5-. The van der Waals surface area contributed by atoms with Gasteiger partial charge in [-0.3, -0.25) is 14.5 Å². The van der Waals surface area contributed by atoms with Gasteiger partial charge in [-0.1, -0.05) is 11.2 Å². The number of hydrogen-bond donors (Lipinski definition) is 0. The molecule has 2 amide bonds. The van der Waals surface area contributed by atoms with E-state index < -0.39 is 0 Å². The molecule has 20 heavy (non-hydrogen) atoms. The fraction of sp³-hybridized carbons (Fsp3) is 0.167. The largest absolute Gasteiger partial charge is 0.340 e. The van der Waals surface area contributed by atoms with Gasteiger partial charge >= 0.3 is 0 Å². The Balaban J connectivity index is 1.80. The predicted octanol–water partition coefficient (Wildman–Crippen LogP) is 2.68. The smallest absolute Gasteiger partial charge is 0.293 e. The van der Waals surface area contributed by atoms with E-state index in [0.29, 0.717) is 16.6 Å². The Labute approximate surface area is 122 Å². The van der Waals surface area contributed by atoms with Gasteiger partial charge in [0.1, 0.15) is 0 Å². The minimum atomic E-state index is -0.323. The summed E-state index contributed by atoms with van der Waals surface area (Å²) in [6, 6.07) is 3.78. The van der Waals surface area contributed by atoms with Crippen LogP contribution in [0.4, 0.5) is 4.79 Å². The van der Waals surface area contributed by atoms with E-state index in [1.807, 2.05) is 17.5 Å². The van der Waals surface area contributed by atoms with E-state index >= 15 is 0 Å². The van der Waals surface area contributed by atoms with Gasteiger partial charge in [-0.15, -0.1) is 11.3 Å². The molecule has 1 fully saturated rings. The molecule has 1 aliphatic rings. The topological polar surface area (TPSA) is 76.3 Å². The second kappa shape index (κ2) is 5.22. The molecule has 0 aliphatic carbocycles. The first-order valence-electron chi connectivity index (χ1n) is 5.71. The van der Waals surface area contributed by atoms with Gasteiger partial charge in [0.25, 0.3) is 11.1 Å². The highest BCUT2D eigenvalue weighted by atomic mass is 32.2. The normalized spacial score (nSPS) is 17.4. The fourth-order valence-corrected chi connectivity index (χ4v) is 3.25. The molecule has 0 atom stereocenters. The van der Waals surface area contributed by atoms with Crippen molar-refractivity contribution in [1.82, 2.24) is 15.0 Å². The monoisotopic (exact) mass is 307 g/mol. The van der Waals surface area contributed by atoms with E-state index in [2.05, 4.69) is 10.1 Å². The quantitative estimate of drug-likeness (QED) is 0.811. The fourth-order valence-electron chi connectivity index (χ4n) is 1.69. The Bertz CT molecular complexity index is 691. The maximum Gasteiger partial charge on any atom is 0.293 e. The minimum Gasteiger partial charge on any atom is -0.340 e. The number of carbonyl (C=O) groups is 2. The number of aromatic nitrogens is 2. The van der Waals surface area contributed by atoms with Gasteiger partial charge < -0.3 is 4.52 Å². The Morgan fingerprint density at radius 3 is 2.95 bits per heavy atom. The van der Waals surface area contributed by atoms with Crippen LogP contribution in [0, 0.1) is 6.92 Å². The number of aryl methyl sites for hydroxylation is 1. The van der Waals surface area contributed by atoms with Gasteiger partial charge in [0.2, 0.25) is 5.89 Å². The first kappa shape index (κ1) is 13.1. The second-order valence-electron chi connectivity index (χ2n) is 4.01. The van der Waals surface area contributed by atoms with E-state index in [1.54, 1.807) is 13.0 Å². The Morgan fingerprint density at radius 1 is 1.45 bits per heavy atom. The third kappa shape index (κ3) is 2.52. The summed E-state index contributed by atoms with van der Waals surface area (Å²) in [6.07, 6.45) is 1.72. The zero-order valence-electron chi connectivity index (χ0n) is 10.4. The van der Waals surface area contributed by atoms with Crippen molar-refractivity contribution in [2.24, 2.45) is 0 Å². The molecule has 102 valence electrons. The van der Waals surface area contributed by atoms with Crippen LogP contribution in [-0.4, -0.2) is 26.2 Å². The van der Waals surface area contributed by atoms with Crippen LogP contribution >= 0.6 is 23.1 Å². The Kier molecular flexibility index (Phi) is 3.41. The average Bonchev–Trinajstić information content (AvgIpc) is 3.10. The van der Waals surface area contributed by atoms with Crippen LogP contribution in [0.25, 0.3) is 6.08 Å². The maximum absolute atomic E-state index is 12.2. The van der Waals surface area contributed by atoms with E-state index in [1.165, 1.54) is 11.3 Å². The molecule has 0 bridgehead atoms. The summed E-state index contributed by atoms with van der Waals surface area (Å²) in [7, 11) is 0. The number of carbonyl (C=O) groups excluding carboxylic acids is 2. The lowest BCUT2D eigenvalue weighted by molar-refractivity contribution is -0.123. The predicted molar refractivity (Wildman–Crippen MR) is 74.9 cm³/mol. The highest BCUT2D eigenvalue weighted by Gasteiger charge is 2.35. The van der Waals surface area contributed by atoms with Crippen molar-refractivity contribution in [2.75, 3.05) is 0 Å². The number of rotatable bonds is 3. The van der Waals surface area contributed by atoms with E-state index in [4.69, 9.17) is 4.52 Å². The van der Waals surface area contributed by atoms with Crippen LogP contribution in [0.5, 0.6) is 0 Å². The first-order valence-corrected chi connectivity index (χ1v) is 7.41. The molecule has 1 aliphatic heterocycles. The minimum absolute atomic E-state index is 0.0315. The average molecular weight is 307 g/mol. The molecule has 0 N–H and O–H groups in total. The van der Waals surface area contributed by atoms with Crippen LogP contribution in [0.15, 0.2) is 26.9 Å². The van der Waals surface area contributed by atoms with Crippen LogP contribution in [0.2, 0.25) is 0 Å². The molecule has 2 aromatic heterocycles. The lowest BCUT2D eigenvalue weighted by Crippen LogP contribution is -2.28. The van der Waals surface area contributed by atoms with Crippen molar-refractivity contribution >= 4 is 40.3 Å². The van der Waals surface area contributed by atoms with Crippen molar-refractivity contribution in [1.29, 1.82) is 0 Å². The second-order valence-corrected chi connectivity index (χ2v) is 5.99. The number of thioether (sulfide) groups is 1. The van der Waals surface area contributed by atoms with Gasteiger partial charge in [0, 0.05) is 11.8 Å². The number of thiophene rings is 1. The molecular weight excluding hydrogens is 298 g/mol. The number of nitrogens with zero attached hydrogens (tertiary/aromatic N) is 3. The first-order chi connectivity index (χ1) is 9.63. The molecule has 2 aromatic rings. The zero-order chi connectivity index (χ0) is 14.1. The molecule has 3 heterocycles. The van der Waals surface area contributed by atoms with Crippen LogP contribution < -0.4 is 0 Å². The molecule has 0 radical (unpaired) electrons. The van der Waals surface area contributed by atoms with E-state index in [-0.39, 0.29) is 17.7 Å². The van der Waals surface area contributed by atoms with E-state index in [9.17, 15) is 9.59 Å². The van der Waals surface area contributed by atoms with Crippen LogP contribution in [-0.2, 0) is 11.3 Å². The summed E-state index contributed by atoms with van der Waals surface area (Å²) in [6.45, 7) is 1.69. The Hall–Kier alpha value is -1.93. The summed E-state index contributed by atoms with van der Waals surface area (Å²) < 4.78 is 4.83. The van der Waals surface area contributed by atoms with Crippen molar-refractivity contribution in [3.05, 3.63) is 39.0 Å². The number of imide groups is 1. The third-order valence-corrected chi connectivity index (χ3v) is 4.29. The molecule has 3 rings (SSSR count). The highest BCUT2D eigenvalue weighted by Crippen LogP contribution is 2.33. The summed E-state index contributed by atoms with van der Waals surface area (Å²) in [5.74, 6) is 0.402. The summed E-state index contributed by atoms with van der Waals surface area (Å²) >= 11 is 2.44. The van der Waals surface area contributed by atoms with Gasteiger partial charge in [-0.2, -0.15) is 4.98 Å². The SMILES string of the molecule is Cc1nc(CN2C(=O)S/C(=C\c3cccs3)C2=O)no1. The molecular formula is C12H9N3O3S2. The van der Waals surface area contributed by atoms with E-state index in [0.717, 1.165) is 21.5 Å². The van der Waals surface area contributed by atoms with Gasteiger partial charge in [-0.25, -0.2) is 0 Å². The van der Waals surface area contributed by atoms with Gasteiger partial charge in [0.15, 0.2) is 5.82 Å². The van der Waals surface area contributed by atoms with Crippen molar-refractivity contribution < 1.29 is 14.1 Å². The summed E-state index contributed by atoms with van der Waals surface area (Å²) in [4.78, 5) is 30.5. The van der Waals surface area contributed by atoms with Crippen molar-refractivity contribution in [3.8, 4) is 0 Å². The summed E-state index contributed by atoms with van der Waals surface area (Å²) in [5.41, 5.74) is 0. The molecule has 6 nitrogen and oxygen atoms in total. The lowest BCUT2D eigenvalue weighted by atomic mass is 10.3.